The Morgan fingerprint density at radius 1 is 1.53 bits per heavy atom. The van der Waals surface area contributed by atoms with Crippen LogP contribution in [0.4, 0.5) is 11.4 Å². The third-order valence-electron chi connectivity index (χ3n) is 2.04. The third-order valence-corrected chi connectivity index (χ3v) is 2.04. The number of aromatic amines is 1. The van der Waals surface area contributed by atoms with Crippen molar-refractivity contribution >= 4 is 28.4 Å². The number of oxazole rings is 1. The zero-order valence-corrected chi connectivity index (χ0v) is 8.64. The number of nitro benzene ring substituents is 1. The van der Waals surface area contributed by atoms with Crippen LogP contribution in [-0.4, -0.2) is 15.8 Å². The number of H-pyrrole nitrogens is 1. The number of nitro groups is 1. The van der Waals surface area contributed by atoms with Crippen LogP contribution in [0, 0.1) is 10.1 Å². The van der Waals surface area contributed by atoms with Crippen LogP contribution in [0.3, 0.4) is 0 Å². The fourth-order valence-electron chi connectivity index (χ4n) is 1.43. The lowest BCUT2D eigenvalue weighted by atomic mass is 10.2. The number of amides is 1. The van der Waals surface area contributed by atoms with Gasteiger partial charge in [0, 0.05) is 19.1 Å². The normalized spacial score (nSPS) is 10.4. The highest BCUT2D eigenvalue weighted by molar-refractivity contribution is 5.94. The Bertz CT molecular complexity index is 669. The van der Waals surface area contributed by atoms with Crippen LogP contribution in [0.25, 0.3) is 11.1 Å². The van der Waals surface area contributed by atoms with Crippen molar-refractivity contribution in [1.29, 1.82) is 0 Å². The van der Waals surface area contributed by atoms with Gasteiger partial charge in [-0.15, -0.1) is 0 Å². The molecule has 0 aliphatic rings. The van der Waals surface area contributed by atoms with Gasteiger partial charge >= 0.3 is 5.76 Å². The van der Waals surface area contributed by atoms with Gasteiger partial charge in [0.1, 0.15) is 5.69 Å². The van der Waals surface area contributed by atoms with Crippen molar-refractivity contribution < 1.29 is 14.1 Å². The smallest absolute Gasteiger partial charge is 0.408 e. The van der Waals surface area contributed by atoms with Crippen LogP contribution < -0.4 is 11.1 Å². The minimum Gasteiger partial charge on any atom is -0.408 e. The Hall–Kier alpha value is -2.64. The number of anilines is 1. The number of benzene rings is 1. The van der Waals surface area contributed by atoms with Crippen LogP contribution in [0.5, 0.6) is 0 Å². The summed E-state index contributed by atoms with van der Waals surface area (Å²) in [4.78, 5) is 34.2. The summed E-state index contributed by atoms with van der Waals surface area (Å²) in [6.07, 6.45) is 0. The summed E-state index contributed by atoms with van der Waals surface area (Å²) in [6.45, 7) is 1.22. The van der Waals surface area contributed by atoms with Gasteiger partial charge in [0.2, 0.25) is 5.91 Å². The molecule has 0 aliphatic carbocycles. The maximum Gasteiger partial charge on any atom is 0.417 e. The summed E-state index contributed by atoms with van der Waals surface area (Å²) >= 11 is 0. The molecule has 1 amide bonds. The summed E-state index contributed by atoms with van der Waals surface area (Å²) in [5, 5.41) is 13.1. The van der Waals surface area contributed by atoms with Crippen molar-refractivity contribution in [1.82, 2.24) is 4.98 Å². The van der Waals surface area contributed by atoms with Gasteiger partial charge < -0.3 is 9.73 Å². The topological polar surface area (TPSA) is 118 Å². The first kappa shape index (κ1) is 10.9. The number of hydrogen-bond donors (Lipinski definition) is 2. The lowest BCUT2D eigenvalue weighted by Crippen LogP contribution is -2.07. The van der Waals surface area contributed by atoms with Crippen molar-refractivity contribution in [2.75, 3.05) is 5.32 Å². The molecule has 0 saturated carbocycles. The number of aromatic nitrogens is 1. The van der Waals surface area contributed by atoms with Crippen LogP contribution in [0.2, 0.25) is 0 Å². The zero-order valence-electron chi connectivity index (χ0n) is 8.64. The molecule has 0 aliphatic heterocycles. The molecule has 2 aromatic rings. The van der Waals surface area contributed by atoms with E-state index in [4.69, 9.17) is 4.42 Å². The third kappa shape index (κ3) is 2.00. The Morgan fingerprint density at radius 2 is 2.24 bits per heavy atom. The van der Waals surface area contributed by atoms with E-state index in [0.29, 0.717) is 0 Å². The predicted molar refractivity (Wildman–Crippen MR) is 57.8 cm³/mol. The SMILES string of the molecule is CC(=O)Nc1cc2oc(=O)[nH]c2cc1[N+](=O)[O-]. The van der Waals surface area contributed by atoms with Gasteiger partial charge in [0.25, 0.3) is 5.69 Å². The largest absolute Gasteiger partial charge is 0.417 e. The van der Waals surface area contributed by atoms with Crippen molar-refractivity contribution in [3.8, 4) is 0 Å². The molecule has 0 fully saturated rings. The number of nitrogens with zero attached hydrogens (tertiary/aromatic N) is 1. The molecule has 2 N–H and O–H groups in total. The summed E-state index contributed by atoms with van der Waals surface area (Å²) in [7, 11) is 0. The van der Waals surface area contributed by atoms with Crippen LogP contribution in [0.15, 0.2) is 21.3 Å². The molecule has 0 bridgehead atoms. The first-order valence-electron chi connectivity index (χ1n) is 4.56. The van der Waals surface area contributed by atoms with Gasteiger partial charge in [-0.1, -0.05) is 0 Å². The van der Waals surface area contributed by atoms with E-state index in [1.165, 1.54) is 13.0 Å². The average Bonchev–Trinajstić information content (AvgIpc) is 2.54. The molecule has 0 spiro atoms. The monoisotopic (exact) mass is 237 g/mol. The quantitative estimate of drug-likeness (QED) is 0.596. The molecule has 0 atom stereocenters. The summed E-state index contributed by atoms with van der Waals surface area (Å²) in [5.41, 5.74) is 0.0163. The van der Waals surface area contributed by atoms with Gasteiger partial charge in [-0.05, 0) is 0 Å². The molecule has 1 heterocycles. The first-order valence-corrected chi connectivity index (χ1v) is 4.56. The summed E-state index contributed by atoms with van der Waals surface area (Å²) < 4.78 is 4.74. The minimum absolute atomic E-state index is 0.0160. The van der Waals surface area contributed by atoms with Crippen LogP contribution in [-0.2, 0) is 4.79 Å². The zero-order chi connectivity index (χ0) is 12.6. The number of carbonyl (C=O) groups excluding carboxylic acids is 1. The maximum atomic E-state index is 10.9. The molecule has 2 rings (SSSR count). The predicted octanol–water partition coefficient (Wildman–Crippen LogP) is 0.988. The van der Waals surface area contributed by atoms with Crippen LogP contribution >= 0.6 is 0 Å². The lowest BCUT2D eigenvalue weighted by molar-refractivity contribution is -0.383. The number of nitrogens with one attached hydrogen (secondary N) is 2. The first-order chi connectivity index (χ1) is 7.97. The van der Waals surface area contributed by atoms with Crippen molar-refractivity contribution in [3.63, 3.8) is 0 Å². The van der Waals surface area contributed by atoms with E-state index < -0.39 is 16.6 Å². The fourth-order valence-corrected chi connectivity index (χ4v) is 1.43. The minimum atomic E-state index is -0.714. The average molecular weight is 237 g/mol. The van der Waals surface area contributed by atoms with Gasteiger partial charge in [-0.25, -0.2) is 4.79 Å². The van der Waals surface area contributed by atoms with Crippen LogP contribution in [0.1, 0.15) is 6.92 Å². The second-order valence-electron chi connectivity index (χ2n) is 3.32. The Labute approximate surface area is 93.4 Å². The molecular formula is C9H7N3O5. The number of fused-ring (bicyclic) bond motifs is 1. The molecule has 17 heavy (non-hydrogen) atoms. The molecule has 88 valence electrons. The molecule has 8 nitrogen and oxygen atoms in total. The number of hydrogen-bond acceptors (Lipinski definition) is 5. The van der Waals surface area contributed by atoms with E-state index in [1.54, 1.807) is 0 Å². The van der Waals surface area contributed by atoms with E-state index in [2.05, 4.69) is 10.3 Å². The lowest BCUT2D eigenvalue weighted by Gasteiger charge is -2.02. The van der Waals surface area contributed by atoms with E-state index in [-0.39, 0.29) is 22.5 Å². The molecule has 1 aromatic carbocycles. The van der Waals surface area contributed by atoms with E-state index >= 15 is 0 Å². The molecule has 0 radical (unpaired) electrons. The second kappa shape index (κ2) is 3.74. The highest BCUT2D eigenvalue weighted by Crippen LogP contribution is 2.28. The molecule has 8 heteroatoms. The maximum absolute atomic E-state index is 10.9. The fraction of sp³-hybridized carbons (Fsp3) is 0.111. The van der Waals surface area contributed by atoms with Gasteiger partial charge in [-0.3, -0.25) is 19.9 Å². The molecule has 1 aromatic heterocycles. The van der Waals surface area contributed by atoms with E-state index in [0.717, 1.165) is 6.07 Å². The standard InChI is InChI=1S/C9H7N3O5/c1-4(13)10-5-3-8-6(11-9(14)17-8)2-7(5)12(15)16/h2-3H,1H3,(H,10,13)(H,11,14). The van der Waals surface area contributed by atoms with Gasteiger partial charge in [0.15, 0.2) is 5.58 Å². The van der Waals surface area contributed by atoms with Gasteiger partial charge in [0.05, 0.1) is 10.4 Å². The van der Waals surface area contributed by atoms with E-state index in [1.807, 2.05) is 0 Å². The number of rotatable bonds is 2. The summed E-state index contributed by atoms with van der Waals surface area (Å²) in [6, 6.07) is 2.36. The molecule has 0 saturated heterocycles. The highest BCUT2D eigenvalue weighted by atomic mass is 16.6. The van der Waals surface area contributed by atoms with E-state index in [9.17, 15) is 19.7 Å². The Balaban J connectivity index is 2.69. The van der Waals surface area contributed by atoms with Crippen molar-refractivity contribution in [2.24, 2.45) is 0 Å². The Morgan fingerprint density at radius 3 is 2.82 bits per heavy atom. The van der Waals surface area contributed by atoms with Crippen molar-refractivity contribution in [2.45, 2.75) is 6.92 Å². The molecular weight excluding hydrogens is 230 g/mol. The summed E-state index contributed by atoms with van der Waals surface area (Å²) in [5.74, 6) is -1.17. The number of carbonyl (C=O) groups is 1. The Kier molecular flexibility index (Phi) is 2.39. The van der Waals surface area contributed by atoms with Gasteiger partial charge in [-0.2, -0.15) is 0 Å². The molecule has 0 unspecified atom stereocenters. The highest BCUT2D eigenvalue weighted by Gasteiger charge is 2.18. The second-order valence-corrected chi connectivity index (χ2v) is 3.32. The van der Waals surface area contributed by atoms with Crippen molar-refractivity contribution in [3.05, 3.63) is 32.8 Å².